The minimum absolute atomic E-state index is 0.0825. The van der Waals surface area contributed by atoms with Gasteiger partial charge in [-0.3, -0.25) is 4.79 Å². The van der Waals surface area contributed by atoms with Crippen molar-refractivity contribution in [3.8, 4) is 5.75 Å². The zero-order valence-electron chi connectivity index (χ0n) is 19.1. The second-order valence-corrected chi connectivity index (χ2v) is 9.62. The largest absolute Gasteiger partial charge is 0.493 e. The number of rotatable bonds is 2. The van der Waals surface area contributed by atoms with Crippen LogP contribution in [-0.4, -0.2) is 61.8 Å². The van der Waals surface area contributed by atoms with E-state index < -0.39 is 5.60 Å². The van der Waals surface area contributed by atoms with E-state index in [-0.39, 0.29) is 12.0 Å². The number of nitrogens with one attached hydrogen (secondary N) is 2. The predicted octanol–water partition coefficient (Wildman–Crippen LogP) is 3.44. The quantitative estimate of drug-likeness (QED) is 0.750. The molecule has 1 aromatic carbocycles. The van der Waals surface area contributed by atoms with Crippen molar-refractivity contribution in [2.75, 3.05) is 39.3 Å². The molecule has 0 saturated carbocycles. The van der Waals surface area contributed by atoms with Crippen molar-refractivity contribution in [3.05, 3.63) is 29.8 Å². The first kappa shape index (κ1) is 23.4. The summed E-state index contributed by atoms with van der Waals surface area (Å²) in [7, 11) is 0. The van der Waals surface area contributed by atoms with E-state index in [9.17, 15) is 9.59 Å². The average molecular weight is 432 g/mol. The number of hydrogen-bond donors (Lipinski definition) is 2. The van der Waals surface area contributed by atoms with Gasteiger partial charge in [0.25, 0.3) is 5.91 Å². The average Bonchev–Trinajstić information content (AvgIpc) is 2.72. The maximum atomic E-state index is 12.7. The molecule has 0 aromatic heterocycles. The molecule has 7 heteroatoms. The maximum absolute atomic E-state index is 12.7. The van der Waals surface area contributed by atoms with Crippen molar-refractivity contribution in [2.45, 2.75) is 52.1 Å². The van der Waals surface area contributed by atoms with Crippen LogP contribution in [0.5, 0.6) is 5.75 Å². The molecule has 2 aliphatic rings. The Bertz CT molecular complexity index is 739. The Morgan fingerprint density at radius 2 is 1.90 bits per heavy atom. The summed E-state index contributed by atoms with van der Waals surface area (Å²) in [5.74, 6) is 1.47. The number of benzene rings is 1. The summed E-state index contributed by atoms with van der Waals surface area (Å²) in [6.45, 7) is 10.1. The lowest BCUT2D eigenvalue weighted by Crippen LogP contribution is -2.43. The van der Waals surface area contributed by atoms with Gasteiger partial charge in [0.2, 0.25) is 0 Å². The summed E-state index contributed by atoms with van der Waals surface area (Å²) < 4.78 is 11.3. The van der Waals surface area contributed by atoms with Gasteiger partial charge in [-0.1, -0.05) is 12.1 Å². The number of likely N-dealkylation sites (tertiary alicyclic amines) is 1. The molecule has 2 N–H and O–H groups in total. The van der Waals surface area contributed by atoms with Crippen LogP contribution in [0.15, 0.2) is 24.3 Å². The van der Waals surface area contributed by atoms with Crippen molar-refractivity contribution in [1.82, 2.24) is 15.5 Å². The number of piperidine rings is 1. The highest BCUT2D eigenvalue weighted by molar-refractivity contribution is 5.96. The number of carbonyl (C=O) groups is 2. The normalized spacial score (nSPS) is 21.7. The molecule has 1 aromatic rings. The fourth-order valence-corrected chi connectivity index (χ4v) is 4.19. The summed E-state index contributed by atoms with van der Waals surface area (Å²) in [6.07, 6.45) is 3.66. The van der Waals surface area contributed by atoms with Crippen molar-refractivity contribution in [3.63, 3.8) is 0 Å². The number of carbonyl (C=O) groups excluding carboxylic acids is 2. The van der Waals surface area contributed by atoms with Crippen molar-refractivity contribution in [2.24, 2.45) is 11.8 Å². The predicted molar refractivity (Wildman–Crippen MR) is 120 cm³/mol. The summed E-state index contributed by atoms with van der Waals surface area (Å²) >= 11 is 0. The molecular weight excluding hydrogens is 394 g/mol. The lowest BCUT2D eigenvalue weighted by atomic mass is 9.87. The van der Waals surface area contributed by atoms with E-state index in [1.807, 2.05) is 49.9 Å². The molecule has 2 amide bonds. The van der Waals surface area contributed by atoms with Crippen molar-refractivity contribution < 1.29 is 19.1 Å². The molecule has 3 rings (SSSR count). The minimum Gasteiger partial charge on any atom is -0.493 e. The molecule has 31 heavy (non-hydrogen) atoms. The third-order valence-electron chi connectivity index (χ3n) is 5.80. The highest BCUT2D eigenvalue weighted by Crippen LogP contribution is 2.26. The molecular formula is C24H37N3O4. The van der Waals surface area contributed by atoms with E-state index in [4.69, 9.17) is 9.47 Å². The van der Waals surface area contributed by atoms with Crippen LogP contribution in [0.4, 0.5) is 4.79 Å². The van der Waals surface area contributed by atoms with Crippen molar-refractivity contribution in [1.29, 1.82) is 0 Å². The van der Waals surface area contributed by atoms with Gasteiger partial charge in [-0.05, 0) is 83.5 Å². The highest BCUT2D eigenvalue weighted by atomic mass is 16.6. The molecule has 2 heterocycles. The van der Waals surface area contributed by atoms with Gasteiger partial charge in [-0.25, -0.2) is 4.79 Å². The van der Waals surface area contributed by atoms with E-state index in [1.54, 1.807) is 0 Å². The number of fused-ring (bicyclic) bond motifs is 1. The third-order valence-corrected chi connectivity index (χ3v) is 5.80. The third kappa shape index (κ3) is 7.42. The Hall–Kier alpha value is -2.28. The van der Waals surface area contributed by atoms with E-state index in [0.29, 0.717) is 36.3 Å². The highest BCUT2D eigenvalue weighted by Gasteiger charge is 2.28. The Morgan fingerprint density at radius 3 is 2.65 bits per heavy atom. The summed E-state index contributed by atoms with van der Waals surface area (Å²) in [5, 5.41) is 6.62. The van der Waals surface area contributed by atoms with Gasteiger partial charge in [0, 0.05) is 19.6 Å². The fraction of sp³-hybridized carbons (Fsp3) is 0.667. The Labute approximate surface area is 185 Å². The second-order valence-electron chi connectivity index (χ2n) is 9.62. The van der Waals surface area contributed by atoms with Crippen LogP contribution in [0, 0.1) is 11.8 Å². The molecule has 1 fully saturated rings. The van der Waals surface area contributed by atoms with Crippen LogP contribution in [0.25, 0.3) is 0 Å². The lowest BCUT2D eigenvalue weighted by molar-refractivity contribution is 0.0175. The molecule has 0 bridgehead atoms. The zero-order valence-corrected chi connectivity index (χ0v) is 19.1. The van der Waals surface area contributed by atoms with Gasteiger partial charge in [0.05, 0.1) is 12.2 Å². The monoisotopic (exact) mass is 431 g/mol. The molecule has 7 nitrogen and oxygen atoms in total. The molecule has 0 radical (unpaired) electrons. The molecule has 1 saturated heterocycles. The smallest absolute Gasteiger partial charge is 0.410 e. The van der Waals surface area contributed by atoms with Gasteiger partial charge in [-0.2, -0.15) is 0 Å². The van der Waals surface area contributed by atoms with Crippen molar-refractivity contribution >= 4 is 12.0 Å². The van der Waals surface area contributed by atoms with Crippen LogP contribution in [-0.2, 0) is 4.74 Å². The zero-order chi connectivity index (χ0) is 22.3. The summed E-state index contributed by atoms with van der Waals surface area (Å²) in [4.78, 5) is 26.8. The van der Waals surface area contributed by atoms with E-state index in [2.05, 4.69) is 10.6 Å². The van der Waals surface area contributed by atoms with E-state index in [1.165, 1.54) is 0 Å². The molecule has 1 atom stereocenters. The van der Waals surface area contributed by atoms with Gasteiger partial charge in [-0.15, -0.1) is 0 Å². The maximum Gasteiger partial charge on any atom is 0.410 e. The lowest BCUT2D eigenvalue weighted by Gasteiger charge is -2.35. The Morgan fingerprint density at radius 1 is 1.16 bits per heavy atom. The number of para-hydroxylation sites is 1. The number of ether oxygens (including phenoxy) is 2. The Kier molecular flexibility index (Phi) is 8.18. The molecule has 2 aliphatic heterocycles. The van der Waals surface area contributed by atoms with Crippen LogP contribution in [0.2, 0.25) is 0 Å². The first-order chi connectivity index (χ1) is 14.8. The fourth-order valence-electron chi connectivity index (χ4n) is 4.19. The minimum atomic E-state index is -0.463. The number of hydrogen-bond acceptors (Lipinski definition) is 5. The Balaban J connectivity index is 1.53. The molecule has 0 aliphatic carbocycles. The van der Waals surface area contributed by atoms with E-state index >= 15 is 0 Å². The van der Waals surface area contributed by atoms with E-state index in [0.717, 1.165) is 51.9 Å². The van der Waals surface area contributed by atoms with Crippen LogP contribution >= 0.6 is 0 Å². The van der Waals surface area contributed by atoms with Gasteiger partial charge in [0.15, 0.2) is 0 Å². The molecule has 172 valence electrons. The first-order valence-electron chi connectivity index (χ1n) is 11.5. The first-order valence-corrected chi connectivity index (χ1v) is 11.5. The van der Waals surface area contributed by atoms with Crippen LogP contribution in [0.3, 0.4) is 0 Å². The standard InChI is InChI=1S/C24H37N3O4/c1-24(2,3)31-23(29)27-12-9-18(10-13-27)15-19-16-25-11-6-14-30-21-8-5-4-7-20(21)22(28)26-17-19/h4-5,7-8,18-19,25H,6,9-17H2,1-3H3,(H,26,28). The second kappa shape index (κ2) is 10.8. The molecule has 0 spiro atoms. The summed E-state index contributed by atoms with van der Waals surface area (Å²) in [6, 6.07) is 7.42. The molecule has 1 unspecified atom stereocenters. The topological polar surface area (TPSA) is 79.9 Å². The SMILES string of the molecule is CC(C)(C)OC(=O)N1CCC(CC2CNCCCOc3ccccc3C(=O)NC2)CC1. The number of amides is 2. The van der Waals surface area contributed by atoms with Gasteiger partial charge >= 0.3 is 6.09 Å². The van der Waals surface area contributed by atoms with Crippen LogP contribution < -0.4 is 15.4 Å². The van der Waals surface area contributed by atoms with Gasteiger partial charge in [0.1, 0.15) is 11.4 Å². The van der Waals surface area contributed by atoms with Crippen LogP contribution in [0.1, 0.15) is 56.8 Å². The number of nitrogens with zero attached hydrogens (tertiary/aromatic N) is 1. The summed E-state index contributed by atoms with van der Waals surface area (Å²) in [5.41, 5.74) is 0.134. The van der Waals surface area contributed by atoms with Gasteiger partial charge < -0.3 is 25.0 Å².